The first-order chi connectivity index (χ1) is 23.9. The number of nitrogens with one attached hydrogen (secondary N) is 2. The Balaban J connectivity index is 0.000000654. The zero-order valence-electron chi connectivity index (χ0n) is 26.5. The number of anilines is 2. The number of hydrogen-bond acceptors (Lipinski definition) is 8. The van der Waals surface area contributed by atoms with Crippen LogP contribution in [0.5, 0.6) is 0 Å². The van der Waals surface area contributed by atoms with Crippen LogP contribution in [0.1, 0.15) is 41.4 Å². The number of benzene rings is 2. The molecule has 0 bridgehead atoms. The number of alkyl halides is 3. The molecule has 6 rings (SSSR count). The standard InChI is InChI=1S/C30H27Cl2N7O5.C2HF3O2/c1-29(13-17-2-4-18(14-33)5-3-17)26(43)38(21-11-19(31)10-20(32)12-21)28-35-15-23(39(28)29)24(40)36-30(6-7-30)27(44)37-9-8-34-22(16-37)25(41)42;3-2(4,5)1(6)7/h2-5,10-12,15,22,34H,6-9,13,16H2,1H3,(H,36,40)(H,41,42);(H,6,7)/t22?,29-;/m1./s1. The number of rotatable bonds is 7. The Morgan fingerprint density at radius 2 is 1.71 bits per heavy atom. The molecule has 3 amide bonds. The van der Waals surface area contributed by atoms with E-state index in [9.17, 15) is 42.7 Å². The molecule has 14 nitrogen and oxygen atoms in total. The molecule has 4 N–H and O–H groups in total. The number of halogens is 5. The summed E-state index contributed by atoms with van der Waals surface area (Å²) in [6.45, 7) is 2.33. The van der Waals surface area contributed by atoms with E-state index in [2.05, 4.69) is 21.7 Å². The number of carbonyl (C=O) groups excluding carboxylic acids is 3. The van der Waals surface area contributed by atoms with Gasteiger partial charge in [-0.25, -0.2) is 14.7 Å². The SMILES string of the molecule is C[C@@]1(Cc2ccc(C#N)cc2)C(=O)N(c2cc(Cl)cc(Cl)c2)c2ncc(C(=O)NC3(C(=O)N4CCNC(C(=O)O)C4)CC3)n21.O=C(O)C(F)(F)F. The summed E-state index contributed by atoms with van der Waals surface area (Å²) in [5.74, 6) is -4.95. The molecule has 3 heterocycles. The number of amides is 3. The maximum atomic E-state index is 14.2. The van der Waals surface area contributed by atoms with Crippen molar-refractivity contribution in [3.63, 3.8) is 0 Å². The maximum absolute atomic E-state index is 14.2. The summed E-state index contributed by atoms with van der Waals surface area (Å²) in [7, 11) is 0. The molecule has 2 aliphatic heterocycles. The van der Waals surface area contributed by atoms with Gasteiger partial charge in [-0.3, -0.25) is 23.7 Å². The average Bonchev–Trinajstić information content (AvgIpc) is 3.65. The summed E-state index contributed by atoms with van der Waals surface area (Å²) in [6.07, 6.45) is -2.77. The summed E-state index contributed by atoms with van der Waals surface area (Å²) in [4.78, 5) is 69.4. The highest BCUT2D eigenvalue weighted by Gasteiger charge is 2.56. The highest BCUT2D eigenvalue weighted by molar-refractivity contribution is 6.35. The van der Waals surface area contributed by atoms with Crippen molar-refractivity contribution in [2.24, 2.45) is 0 Å². The largest absolute Gasteiger partial charge is 0.490 e. The minimum absolute atomic E-state index is 0.0117. The Labute approximate surface area is 297 Å². The van der Waals surface area contributed by atoms with Crippen molar-refractivity contribution in [1.82, 2.24) is 25.1 Å². The summed E-state index contributed by atoms with van der Waals surface area (Å²) in [6, 6.07) is 12.7. The number of carboxylic acid groups (broad SMARTS) is 2. The van der Waals surface area contributed by atoms with E-state index >= 15 is 0 Å². The molecule has 1 aromatic heterocycles. The molecule has 51 heavy (non-hydrogen) atoms. The van der Waals surface area contributed by atoms with E-state index in [1.54, 1.807) is 47.9 Å². The number of aromatic nitrogens is 2. The number of imidazole rings is 1. The first-order valence-corrected chi connectivity index (χ1v) is 15.9. The minimum Gasteiger partial charge on any atom is -0.480 e. The van der Waals surface area contributed by atoms with Crippen molar-refractivity contribution in [1.29, 1.82) is 5.26 Å². The van der Waals surface area contributed by atoms with Gasteiger partial charge in [0.15, 0.2) is 0 Å². The Morgan fingerprint density at radius 1 is 1.10 bits per heavy atom. The number of nitrogens with zero attached hydrogens (tertiary/aromatic N) is 5. The van der Waals surface area contributed by atoms with Gasteiger partial charge in [-0.1, -0.05) is 35.3 Å². The van der Waals surface area contributed by atoms with E-state index in [-0.39, 0.29) is 36.4 Å². The predicted molar refractivity (Wildman–Crippen MR) is 173 cm³/mol. The lowest BCUT2D eigenvalue weighted by atomic mass is 9.91. The minimum atomic E-state index is -5.08. The van der Waals surface area contributed by atoms with Gasteiger partial charge in [-0.05, 0) is 55.7 Å². The number of nitriles is 1. The van der Waals surface area contributed by atoms with Crippen molar-refractivity contribution < 1.29 is 47.4 Å². The number of carbonyl (C=O) groups is 5. The fourth-order valence-corrected chi connectivity index (χ4v) is 6.44. The van der Waals surface area contributed by atoms with Crippen LogP contribution in [0, 0.1) is 11.3 Å². The maximum Gasteiger partial charge on any atom is 0.490 e. The summed E-state index contributed by atoms with van der Waals surface area (Å²) in [5.41, 5.74) is -0.853. The number of hydrogen-bond donors (Lipinski definition) is 4. The third kappa shape index (κ3) is 7.48. The first kappa shape index (κ1) is 37.1. The van der Waals surface area contributed by atoms with E-state index < -0.39 is 41.1 Å². The van der Waals surface area contributed by atoms with Crippen molar-refractivity contribution in [3.05, 3.63) is 75.5 Å². The Kier molecular flexibility index (Phi) is 10.1. The van der Waals surface area contributed by atoms with Gasteiger partial charge < -0.3 is 25.7 Å². The molecule has 2 atom stereocenters. The first-order valence-electron chi connectivity index (χ1n) is 15.2. The lowest BCUT2D eigenvalue weighted by Gasteiger charge is -2.34. The summed E-state index contributed by atoms with van der Waals surface area (Å²) in [5, 5.41) is 32.1. The molecule has 2 aromatic carbocycles. The third-order valence-electron chi connectivity index (χ3n) is 8.59. The second-order valence-corrected chi connectivity index (χ2v) is 13.1. The second kappa shape index (κ2) is 13.9. The van der Waals surface area contributed by atoms with Crippen molar-refractivity contribution in [2.45, 2.75) is 49.5 Å². The number of piperazine rings is 1. The van der Waals surface area contributed by atoms with Crippen LogP contribution in [0.25, 0.3) is 0 Å². The quantitative estimate of drug-likeness (QED) is 0.278. The molecule has 1 aliphatic carbocycles. The number of carboxylic acids is 2. The molecule has 1 saturated heterocycles. The van der Waals surface area contributed by atoms with E-state index in [0.29, 0.717) is 47.2 Å². The van der Waals surface area contributed by atoms with Gasteiger partial charge in [-0.2, -0.15) is 18.4 Å². The smallest absolute Gasteiger partial charge is 0.480 e. The molecule has 0 radical (unpaired) electrons. The predicted octanol–water partition coefficient (Wildman–Crippen LogP) is 3.48. The Morgan fingerprint density at radius 3 is 2.24 bits per heavy atom. The number of aliphatic carboxylic acids is 2. The van der Waals surface area contributed by atoms with Crippen LogP contribution < -0.4 is 15.5 Å². The Hall–Kier alpha value is -5.18. The van der Waals surface area contributed by atoms with Gasteiger partial charge in [-0.15, -0.1) is 0 Å². The molecule has 268 valence electrons. The lowest BCUT2D eigenvalue weighted by Crippen LogP contribution is -2.60. The van der Waals surface area contributed by atoms with Crippen LogP contribution in [0.4, 0.5) is 24.8 Å². The van der Waals surface area contributed by atoms with Crippen molar-refractivity contribution in [3.8, 4) is 6.07 Å². The molecule has 3 aliphatic rings. The van der Waals surface area contributed by atoms with E-state index in [1.165, 1.54) is 22.1 Å². The van der Waals surface area contributed by atoms with Gasteiger partial charge in [0, 0.05) is 36.1 Å². The molecule has 1 saturated carbocycles. The zero-order chi connectivity index (χ0) is 37.5. The van der Waals surface area contributed by atoms with Crippen LogP contribution in [0.3, 0.4) is 0 Å². The second-order valence-electron chi connectivity index (χ2n) is 12.2. The van der Waals surface area contributed by atoms with E-state index in [1.807, 2.05) is 0 Å². The van der Waals surface area contributed by atoms with E-state index in [0.717, 1.165) is 5.56 Å². The highest BCUT2D eigenvalue weighted by Crippen LogP contribution is 2.44. The third-order valence-corrected chi connectivity index (χ3v) is 9.02. The van der Waals surface area contributed by atoms with Crippen LogP contribution in [0.15, 0.2) is 48.7 Å². The van der Waals surface area contributed by atoms with E-state index in [4.69, 9.17) is 33.1 Å². The van der Waals surface area contributed by atoms with Gasteiger partial charge in [0.1, 0.15) is 22.8 Å². The van der Waals surface area contributed by atoms with Gasteiger partial charge in [0.05, 0.1) is 23.5 Å². The van der Waals surface area contributed by atoms with Gasteiger partial charge >= 0.3 is 18.1 Å². The highest BCUT2D eigenvalue weighted by atomic mass is 35.5. The fraction of sp³-hybridized carbons (Fsp3) is 0.344. The summed E-state index contributed by atoms with van der Waals surface area (Å²) >= 11 is 12.6. The topological polar surface area (TPSA) is 198 Å². The summed E-state index contributed by atoms with van der Waals surface area (Å²) < 4.78 is 33.3. The molecule has 0 spiro atoms. The van der Waals surface area contributed by atoms with Gasteiger partial charge in [0.25, 0.3) is 11.8 Å². The molecule has 1 unspecified atom stereocenters. The molecular formula is C32H28Cl2F3N7O7. The van der Waals surface area contributed by atoms with Crippen LogP contribution in [-0.2, 0) is 31.1 Å². The Bertz CT molecular complexity index is 1940. The van der Waals surface area contributed by atoms with Crippen LogP contribution in [0.2, 0.25) is 10.0 Å². The van der Waals surface area contributed by atoms with Crippen molar-refractivity contribution in [2.75, 3.05) is 24.5 Å². The molecule has 3 aromatic rings. The normalized spacial score (nSPS) is 20.4. The zero-order valence-corrected chi connectivity index (χ0v) is 28.0. The molecular weight excluding hydrogens is 722 g/mol. The van der Waals surface area contributed by atoms with Crippen LogP contribution in [-0.4, -0.2) is 91.7 Å². The van der Waals surface area contributed by atoms with Crippen LogP contribution >= 0.6 is 23.2 Å². The fourth-order valence-electron chi connectivity index (χ4n) is 5.93. The average molecular weight is 751 g/mol. The number of fused-ring (bicyclic) bond motifs is 1. The lowest BCUT2D eigenvalue weighted by molar-refractivity contribution is -0.192. The van der Waals surface area contributed by atoms with Crippen molar-refractivity contribution >= 4 is 64.5 Å². The molecule has 19 heteroatoms. The molecule has 2 fully saturated rings. The van der Waals surface area contributed by atoms with Gasteiger partial charge in [0.2, 0.25) is 11.9 Å². The monoisotopic (exact) mass is 749 g/mol.